The van der Waals surface area contributed by atoms with Crippen LogP contribution in [0.4, 0.5) is 8.78 Å². The molecule has 6 unspecified atom stereocenters. The van der Waals surface area contributed by atoms with E-state index in [2.05, 4.69) is 36.4 Å². The fraction of sp³-hybridized carbons (Fsp3) is 0.600. The minimum absolute atomic E-state index is 0.00713. The molecule has 6 heteroatoms. The molecule has 2 aromatic carbocycles. The summed E-state index contributed by atoms with van der Waals surface area (Å²) in [7, 11) is 1.65. The van der Waals surface area contributed by atoms with Crippen LogP contribution in [0.5, 0.6) is 5.75 Å². The Labute approximate surface area is 242 Å². The number of methoxy groups -OCH3 is 1. The Bertz CT molecular complexity index is 1280. The fourth-order valence-corrected chi connectivity index (χ4v) is 8.63. The number of aryl methyl sites for hydroxylation is 1. The van der Waals surface area contributed by atoms with E-state index in [4.69, 9.17) is 20.6 Å². The molecule has 0 amide bonds. The third-order valence-electron chi connectivity index (χ3n) is 10.9. The van der Waals surface area contributed by atoms with Gasteiger partial charge in [0.25, 0.3) is 0 Å². The van der Waals surface area contributed by atoms with Gasteiger partial charge >= 0.3 is 5.92 Å². The van der Waals surface area contributed by atoms with Crippen LogP contribution in [0.15, 0.2) is 42.5 Å². The van der Waals surface area contributed by atoms with Gasteiger partial charge in [0.1, 0.15) is 18.0 Å². The highest BCUT2D eigenvalue weighted by Gasteiger charge is 2.71. The van der Waals surface area contributed by atoms with Crippen molar-refractivity contribution in [3.8, 4) is 18.1 Å². The van der Waals surface area contributed by atoms with E-state index in [1.165, 1.54) is 35.1 Å². The van der Waals surface area contributed by atoms with Gasteiger partial charge in [-0.2, -0.15) is 8.78 Å². The third-order valence-corrected chi connectivity index (χ3v) is 10.9. The molecule has 41 heavy (non-hydrogen) atoms. The number of alkyl halides is 2. The fourth-order valence-electron chi connectivity index (χ4n) is 8.63. The lowest BCUT2D eigenvalue weighted by Crippen LogP contribution is -2.60. The van der Waals surface area contributed by atoms with Crippen LogP contribution >= 0.6 is 0 Å². The first-order chi connectivity index (χ1) is 19.7. The zero-order valence-electron chi connectivity index (χ0n) is 24.2. The summed E-state index contributed by atoms with van der Waals surface area (Å²) in [5.74, 6) is -0.0501. The van der Waals surface area contributed by atoms with Crippen molar-refractivity contribution < 1.29 is 28.1 Å². The molecule has 2 aromatic rings. The van der Waals surface area contributed by atoms with Crippen molar-refractivity contribution >= 4 is 0 Å². The number of benzene rings is 2. The summed E-state index contributed by atoms with van der Waals surface area (Å²) in [6, 6.07) is 15.3. The zero-order chi connectivity index (χ0) is 28.8. The average Bonchev–Trinajstić information content (AvgIpc) is 3.79. The minimum atomic E-state index is -3.57. The van der Waals surface area contributed by atoms with Gasteiger partial charge in [0.15, 0.2) is 0 Å². The van der Waals surface area contributed by atoms with Gasteiger partial charge in [-0.3, -0.25) is 0 Å². The monoisotopic (exact) mass is 564 g/mol. The van der Waals surface area contributed by atoms with Gasteiger partial charge < -0.3 is 19.3 Å². The molecule has 0 aromatic heterocycles. The Morgan fingerprint density at radius 2 is 1.73 bits per heavy atom. The van der Waals surface area contributed by atoms with E-state index in [-0.39, 0.29) is 30.1 Å². The first-order valence-electron chi connectivity index (χ1n) is 15.2. The quantitative estimate of drug-likeness (QED) is 0.253. The molecule has 4 nitrogen and oxygen atoms in total. The lowest BCUT2D eigenvalue weighted by molar-refractivity contribution is -0.214. The SMILES string of the molecule is C#CC(F)(F)C1(O)CCC2C3CCc4cc(OCCOCCOC)ccc4C3C(c3ccc(C4CC4)cc3)CC21C. The average molecular weight is 565 g/mol. The molecule has 4 aliphatic rings. The van der Waals surface area contributed by atoms with Gasteiger partial charge in [0.05, 0.1) is 19.8 Å². The second kappa shape index (κ2) is 11.0. The van der Waals surface area contributed by atoms with E-state index in [0.29, 0.717) is 45.2 Å². The maximum atomic E-state index is 15.3. The first-order valence-corrected chi connectivity index (χ1v) is 15.2. The van der Waals surface area contributed by atoms with Crippen LogP contribution in [-0.4, -0.2) is 50.2 Å². The molecule has 0 saturated heterocycles. The summed E-state index contributed by atoms with van der Waals surface area (Å²) in [5, 5.41) is 11.7. The molecule has 3 saturated carbocycles. The molecule has 3 fully saturated rings. The van der Waals surface area contributed by atoms with Gasteiger partial charge in [-0.05, 0) is 115 Å². The van der Waals surface area contributed by atoms with Crippen molar-refractivity contribution in [1.82, 2.24) is 0 Å². The van der Waals surface area contributed by atoms with Crippen molar-refractivity contribution in [2.75, 3.05) is 33.5 Å². The van der Waals surface area contributed by atoms with Crippen LogP contribution in [0.1, 0.15) is 85.5 Å². The van der Waals surface area contributed by atoms with Crippen LogP contribution in [0.2, 0.25) is 0 Å². The van der Waals surface area contributed by atoms with Gasteiger partial charge in [0, 0.05) is 12.5 Å². The Balaban J connectivity index is 1.32. The second-order valence-electron chi connectivity index (χ2n) is 12.9. The molecule has 0 aliphatic heterocycles. The first kappa shape index (κ1) is 28.6. The van der Waals surface area contributed by atoms with Crippen molar-refractivity contribution in [3.05, 3.63) is 64.7 Å². The van der Waals surface area contributed by atoms with Gasteiger partial charge in [-0.15, -0.1) is 6.42 Å². The Kier molecular flexibility index (Phi) is 7.68. The molecule has 0 heterocycles. The maximum absolute atomic E-state index is 15.3. The molecular formula is C35H42F2O4. The van der Waals surface area contributed by atoms with Crippen molar-refractivity contribution in [2.45, 2.75) is 81.1 Å². The lowest BCUT2D eigenvalue weighted by atomic mass is 9.48. The highest BCUT2D eigenvalue weighted by atomic mass is 19.3. The van der Waals surface area contributed by atoms with Gasteiger partial charge in [-0.1, -0.05) is 37.3 Å². The number of terminal acetylenes is 1. The zero-order valence-corrected chi connectivity index (χ0v) is 24.2. The van der Waals surface area contributed by atoms with Crippen LogP contribution in [-0.2, 0) is 15.9 Å². The van der Waals surface area contributed by atoms with E-state index < -0.39 is 16.9 Å². The number of rotatable bonds is 10. The third kappa shape index (κ3) is 4.88. The largest absolute Gasteiger partial charge is 0.491 e. The Morgan fingerprint density at radius 1 is 1.00 bits per heavy atom. The molecule has 1 N–H and O–H groups in total. The summed E-state index contributed by atoms with van der Waals surface area (Å²) in [4.78, 5) is 0. The molecule has 6 rings (SSSR count). The summed E-state index contributed by atoms with van der Waals surface area (Å²) in [5.41, 5.74) is 1.91. The summed E-state index contributed by atoms with van der Waals surface area (Å²) in [6.45, 7) is 3.95. The second-order valence-corrected chi connectivity index (χ2v) is 12.9. The number of fused-ring (bicyclic) bond motifs is 5. The smallest absolute Gasteiger partial charge is 0.336 e. The van der Waals surface area contributed by atoms with Crippen molar-refractivity contribution in [1.29, 1.82) is 0 Å². The number of halogens is 2. The van der Waals surface area contributed by atoms with E-state index in [0.717, 1.165) is 18.6 Å². The van der Waals surface area contributed by atoms with E-state index in [9.17, 15) is 5.11 Å². The predicted molar refractivity (Wildman–Crippen MR) is 155 cm³/mol. The molecule has 6 atom stereocenters. The molecule has 4 aliphatic carbocycles. The van der Waals surface area contributed by atoms with Gasteiger partial charge in [-0.25, -0.2) is 0 Å². The molecular weight excluding hydrogens is 522 g/mol. The Hall–Kier alpha value is -2.46. The summed E-state index contributed by atoms with van der Waals surface area (Å²) < 4.78 is 47.2. The normalized spacial score (nSPS) is 32.5. The molecule has 0 spiro atoms. The highest BCUT2D eigenvalue weighted by molar-refractivity contribution is 5.45. The highest BCUT2D eigenvalue weighted by Crippen LogP contribution is 2.70. The predicted octanol–water partition coefficient (Wildman–Crippen LogP) is 6.86. The molecule has 0 radical (unpaired) electrons. The van der Waals surface area contributed by atoms with Crippen LogP contribution in [0.3, 0.4) is 0 Å². The number of hydrogen-bond donors (Lipinski definition) is 1. The topological polar surface area (TPSA) is 47.9 Å². The van der Waals surface area contributed by atoms with Crippen molar-refractivity contribution in [3.63, 3.8) is 0 Å². The van der Waals surface area contributed by atoms with Crippen LogP contribution in [0.25, 0.3) is 0 Å². The number of aliphatic hydroxyl groups is 1. The van der Waals surface area contributed by atoms with Gasteiger partial charge in [0.2, 0.25) is 0 Å². The van der Waals surface area contributed by atoms with Crippen LogP contribution < -0.4 is 4.74 Å². The minimum Gasteiger partial charge on any atom is -0.491 e. The standard InChI is InChI=1S/C35H42F2O4/c1-4-35(36,37)34(38)16-15-31-29-13-11-26-21-27(41-20-19-40-18-17-39-3)12-14-28(26)32(29)30(22-33(31,34)2)25-9-7-24(8-10-25)23-5-6-23/h1,7-10,12,14,21,23,29-32,38H,5-6,11,13,15-20,22H2,2-3H3. The number of hydrogen-bond acceptors (Lipinski definition) is 4. The van der Waals surface area contributed by atoms with E-state index in [1.807, 2.05) is 13.0 Å². The van der Waals surface area contributed by atoms with E-state index >= 15 is 8.78 Å². The molecule has 0 bridgehead atoms. The van der Waals surface area contributed by atoms with E-state index in [1.54, 1.807) is 13.0 Å². The van der Waals surface area contributed by atoms with Crippen molar-refractivity contribution in [2.24, 2.45) is 17.3 Å². The number of ether oxygens (including phenoxy) is 3. The van der Waals surface area contributed by atoms with Crippen LogP contribution in [0, 0.1) is 29.6 Å². The molecule has 220 valence electrons. The summed E-state index contributed by atoms with van der Waals surface area (Å²) >= 11 is 0. The summed E-state index contributed by atoms with van der Waals surface area (Å²) in [6.07, 6.45) is 10.7. The Morgan fingerprint density at radius 3 is 2.44 bits per heavy atom. The lowest BCUT2D eigenvalue weighted by Gasteiger charge is -2.57. The maximum Gasteiger partial charge on any atom is 0.336 e.